The Balaban J connectivity index is 1.29. The quantitative estimate of drug-likeness (QED) is 0.919. The van der Waals surface area contributed by atoms with E-state index in [-0.39, 0.29) is 17.9 Å². The molecule has 0 aromatic heterocycles. The number of carbonyl (C=O) groups excluding carboxylic acids is 2. The number of nitrogens with zero attached hydrogens (tertiary/aromatic N) is 1. The molecule has 4 rings (SSSR count). The Labute approximate surface area is 150 Å². The van der Waals surface area contributed by atoms with Gasteiger partial charge in [-0.1, -0.05) is 24.6 Å². The van der Waals surface area contributed by atoms with Gasteiger partial charge in [-0.15, -0.1) is 0 Å². The van der Waals surface area contributed by atoms with Crippen molar-refractivity contribution < 1.29 is 9.59 Å². The molecule has 1 heterocycles. The summed E-state index contributed by atoms with van der Waals surface area (Å²) < 4.78 is 0. The lowest BCUT2D eigenvalue weighted by atomic mass is 9.87. The Morgan fingerprint density at radius 3 is 2.44 bits per heavy atom. The number of aryl methyl sites for hydroxylation is 1. The molecule has 3 unspecified atom stereocenters. The first-order valence-electron chi connectivity index (χ1n) is 9.77. The van der Waals surface area contributed by atoms with E-state index >= 15 is 0 Å². The van der Waals surface area contributed by atoms with Crippen LogP contribution in [0.4, 0.5) is 0 Å². The molecule has 1 saturated heterocycles. The van der Waals surface area contributed by atoms with Crippen LogP contribution >= 0.6 is 0 Å². The van der Waals surface area contributed by atoms with Crippen molar-refractivity contribution in [3.8, 4) is 0 Å². The third kappa shape index (κ3) is 3.31. The number of fused-ring (bicyclic) bond motifs is 2. The highest BCUT2D eigenvalue weighted by molar-refractivity contribution is 5.95. The molecule has 4 heteroatoms. The van der Waals surface area contributed by atoms with Crippen molar-refractivity contribution in [1.82, 2.24) is 10.2 Å². The number of rotatable bonds is 3. The summed E-state index contributed by atoms with van der Waals surface area (Å²) in [6.45, 7) is 3.53. The minimum Gasteiger partial charge on any atom is -0.349 e. The van der Waals surface area contributed by atoms with Gasteiger partial charge in [-0.05, 0) is 62.5 Å². The summed E-state index contributed by atoms with van der Waals surface area (Å²) >= 11 is 0. The minimum atomic E-state index is 0.0102. The molecule has 1 N–H and O–H groups in total. The number of hydrogen-bond donors (Lipinski definition) is 1. The fourth-order valence-corrected chi connectivity index (χ4v) is 5.12. The molecule has 2 bridgehead atoms. The van der Waals surface area contributed by atoms with Crippen molar-refractivity contribution in [2.75, 3.05) is 13.1 Å². The zero-order valence-electron chi connectivity index (χ0n) is 15.0. The number of likely N-dealkylation sites (tertiary alicyclic amines) is 1. The minimum absolute atomic E-state index is 0.0102. The predicted octanol–water partition coefficient (Wildman–Crippen LogP) is 3.15. The van der Waals surface area contributed by atoms with Crippen LogP contribution in [0.1, 0.15) is 54.4 Å². The molecular formula is C21H28N2O2. The van der Waals surface area contributed by atoms with Crippen molar-refractivity contribution in [2.24, 2.45) is 17.8 Å². The van der Waals surface area contributed by atoms with Gasteiger partial charge in [0.25, 0.3) is 5.91 Å². The van der Waals surface area contributed by atoms with Gasteiger partial charge in [0.1, 0.15) is 0 Å². The van der Waals surface area contributed by atoms with E-state index < -0.39 is 0 Å². The van der Waals surface area contributed by atoms with Crippen molar-refractivity contribution >= 4 is 11.8 Å². The summed E-state index contributed by atoms with van der Waals surface area (Å²) in [6.07, 6.45) is 6.71. The van der Waals surface area contributed by atoms with Gasteiger partial charge in [-0.2, -0.15) is 0 Å². The van der Waals surface area contributed by atoms with E-state index in [0.29, 0.717) is 11.8 Å². The molecule has 2 aliphatic carbocycles. The van der Waals surface area contributed by atoms with Gasteiger partial charge < -0.3 is 10.2 Å². The van der Waals surface area contributed by atoms with Crippen LogP contribution in [0.25, 0.3) is 0 Å². The molecule has 25 heavy (non-hydrogen) atoms. The average molecular weight is 340 g/mol. The van der Waals surface area contributed by atoms with Gasteiger partial charge in [0.2, 0.25) is 5.91 Å². The van der Waals surface area contributed by atoms with Gasteiger partial charge in [0.15, 0.2) is 0 Å². The maximum atomic E-state index is 12.8. The van der Waals surface area contributed by atoms with E-state index in [4.69, 9.17) is 0 Å². The van der Waals surface area contributed by atoms with Crippen LogP contribution in [-0.4, -0.2) is 35.8 Å². The highest BCUT2D eigenvalue weighted by atomic mass is 16.2. The number of amides is 2. The Morgan fingerprint density at radius 1 is 1.04 bits per heavy atom. The van der Waals surface area contributed by atoms with Crippen molar-refractivity contribution in [3.63, 3.8) is 0 Å². The Bertz CT molecular complexity index is 664. The lowest BCUT2D eigenvalue weighted by Crippen LogP contribution is -2.48. The van der Waals surface area contributed by atoms with Gasteiger partial charge in [0.05, 0.1) is 0 Å². The van der Waals surface area contributed by atoms with Crippen LogP contribution in [-0.2, 0) is 4.79 Å². The molecule has 3 aliphatic rings. The maximum Gasteiger partial charge on any atom is 0.251 e. The second-order valence-electron chi connectivity index (χ2n) is 8.17. The van der Waals surface area contributed by atoms with Gasteiger partial charge >= 0.3 is 0 Å². The molecule has 4 nitrogen and oxygen atoms in total. The Kier molecular flexibility index (Phi) is 4.53. The molecule has 1 aromatic rings. The second kappa shape index (κ2) is 6.81. The van der Waals surface area contributed by atoms with E-state index in [1.807, 2.05) is 31.2 Å². The summed E-state index contributed by atoms with van der Waals surface area (Å²) in [5, 5.41) is 3.16. The normalized spacial score (nSPS) is 29.0. The SMILES string of the molecule is Cc1ccccc1C(=O)NC1CCN(C(=O)C2CC3CCC2C3)CC1. The highest BCUT2D eigenvalue weighted by Gasteiger charge is 2.44. The zero-order valence-corrected chi connectivity index (χ0v) is 15.0. The molecule has 1 aromatic carbocycles. The number of piperidine rings is 1. The summed E-state index contributed by atoms with van der Waals surface area (Å²) in [5.74, 6) is 2.14. The van der Waals surface area contributed by atoms with Crippen molar-refractivity contribution in [2.45, 2.75) is 51.5 Å². The molecule has 3 atom stereocenters. The molecule has 2 saturated carbocycles. The first-order valence-corrected chi connectivity index (χ1v) is 9.77. The standard InChI is InChI=1S/C21H28N2O2/c1-14-4-2-3-5-18(14)20(24)22-17-8-10-23(11-9-17)21(25)19-13-15-6-7-16(19)12-15/h2-5,15-17,19H,6-13H2,1H3,(H,22,24). The smallest absolute Gasteiger partial charge is 0.251 e. The third-order valence-corrected chi connectivity index (χ3v) is 6.59. The number of hydrogen-bond acceptors (Lipinski definition) is 2. The number of nitrogens with one attached hydrogen (secondary N) is 1. The van der Waals surface area contributed by atoms with E-state index in [2.05, 4.69) is 10.2 Å². The van der Waals surface area contributed by atoms with Gasteiger partial charge in [0, 0.05) is 30.6 Å². The van der Waals surface area contributed by atoms with Crippen LogP contribution in [0.3, 0.4) is 0 Å². The first-order chi connectivity index (χ1) is 12.1. The summed E-state index contributed by atoms with van der Waals surface area (Å²) in [4.78, 5) is 27.3. The molecule has 3 fully saturated rings. The molecule has 0 radical (unpaired) electrons. The largest absolute Gasteiger partial charge is 0.349 e. The number of benzene rings is 1. The third-order valence-electron chi connectivity index (χ3n) is 6.59. The van der Waals surface area contributed by atoms with Crippen molar-refractivity contribution in [1.29, 1.82) is 0 Å². The molecule has 0 spiro atoms. The summed E-state index contributed by atoms with van der Waals surface area (Å²) in [7, 11) is 0. The van der Waals surface area contributed by atoms with Crippen LogP contribution < -0.4 is 5.32 Å². The topological polar surface area (TPSA) is 49.4 Å². The van der Waals surface area contributed by atoms with Crippen LogP contribution in [0.2, 0.25) is 0 Å². The van der Waals surface area contributed by atoms with Gasteiger partial charge in [-0.25, -0.2) is 0 Å². The predicted molar refractivity (Wildman–Crippen MR) is 97.2 cm³/mol. The Morgan fingerprint density at radius 2 is 1.80 bits per heavy atom. The van der Waals surface area contributed by atoms with Crippen LogP contribution in [0.15, 0.2) is 24.3 Å². The molecule has 134 valence electrons. The average Bonchev–Trinajstić information content (AvgIpc) is 3.25. The van der Waals surface area contributed by atoms with Crippen LogP contribution in [0.5, 0.6) is 0 Å². The summed E-state index contributed by atoms with van der Waals surface area (Å²) in [6, 6.07) is 7.87. The van der Waals surface area contributed by atoms with E-state index in [0.717, 1.165) is 49.4 Å². The van der Waals surface area contributed by atoms with Gasteiger partial charge in [-0.3, -0.25) is 9.59 Å². The number of carbonyl (C=O) groups is 2. The first kappa shape index (κ1) is 16.6. The van der Waals surface area contributed by atoms with Crippen molar-refractivity contribution in [3.05, 3.63) is 35.4 Å². The van der Waals surface area contributed by atoms with E-state index in [9.17, 15) is 9.59 Å². The molecule has 2 amide bonds. The Hall–Kier alpha value is -1.84. The highest BCUT2D eigenvalue weighted by Crippen LogP contribution is 2.49. The van der Waals surface area contributed by atoms with Crippen LogP contribution in [0, 0.1) is 24.7 Å². The monoisotopic (exact) mass is 340 g/mol. The maximum absolute atomic E-state index is 12.8. The zero-order chi connectivity index (χ0) is 17.4. The fourth-order valence-electron chi connectivity index (χ4n) is 5.12. The molecular weight excluding hydrogens is 312 g/mol. The second-order valence-corrected chi connectivity index (χ2v) is 8.17. The fraction of sp³-hybridized carbons (Fsp3) is 0.619. The lowest BCUT2D eigenvalue weighted by Gasteiger charge is -2.35. The molecule has 1 aliphatic heterocycles. The van der Waals surface area contributed by atoms with E-state index in [1.165, 1.54) is 19.3 Å². The summed E-state index contributed by atoms with van der Waals surface area (Å²) in [5.41, 5.74) is 1.76. The lowest BCUT2D eigenvalue weighted by molar-refractivity contribution is -0.138. The van der Waals surface area contributed by atoms with E-state index in [1.54, 1.807) is 0 Å².